The van der Waals surface area contributed by atoms with Crippen LogP contribution in [0.1, 0.15) is 34.6 Å². The number of rotatable bonds is 6. The number of hydrogen-bond acceptors (Lipinski definition) is 5. The molecule has 1 heterocycles. The van der Waals surface area contributed by atoms with Gasteiger partial charge in [0.15, 0.2) is 0 Å². The summed E-state index contributed by atoms with van der Waals surface area (Å²) in [7, 11) is 0. The summed E-state index contributed by atoms with van der Waals surface area (Å²) in [5, 5.41) is 3.06. The topological polar surface area (TPSA) is 75.7 Å². The molecule has 6 nitrogen and oxygen atoms in total. The average molecular weight is 296 g/mol. The molecular formula is C15H24N2O4. The van der Waals surface area contributed by atoms with Gasteiger partial charge in [-0.1, -0.05) is 27.7 Å². The monoisotopic (exact) mass is 296 g/mol. The summed E-state index contributed by atoms with van der Waals surface area (Å²) < 4.78 is 5.01. The second-order valence-electron chi connectivity index (χ2n) is 6.69. The van der Waals surface area contributed by atoms with Gasteiger partial charge in [0.1, 0.15) is 6.04 Å². The van der Waals surface area contributed by atoms with Crippen LogP contribution in [-0.2, 0) is 19.1 Å². The Morgan fingerprint density at radius 2 is 1.81 bits per heavy atom. The highest BCUT2D eigenvalue weighted by atomic mass is 16.5. The third-order valence-electron chi connectivity index (χ3n) is 4.36. The van der Waals surface area contributed by atoms with Gasteiger partial charge >= 0.3 is 5.97 Å². The maximum atomic E-state index is 12.3. The number of nitrogens with zero attached hydrogens (tertiary/aromatic N) is 1. The van der Waals surface area contributed by atoms with Crippen molar-refractivity contribution in [3.8, 4) is 0 Å². The van der Waals surface area contributed by atoms with Crippen LogP contribution in [0.5, 0.6) is 0 Å². The van der Waals surface area contributed by atoms with Crippen LogP contribution < -0.4 is 5.32 Å². The van der Waals surface area contributed by atoms with Crippen molar-refractivity contribution in [2.75, 3.05) is 13.2 Å². The number of nitrogens with one attached hydrogen (secondary N) is 1. The molecule has 2 rings (SSSR count). The van der Waals surface area contributed by atoms with Gasteiger partial charge < -0.3 is 10.1 Å². The molecule has 3 unspecified atom stereocenters. The van der Waals surface area contributed by atoms with E-state index in [9.17, 15) is 14.4 Å². The molecule has 2 amide bonds. The average Bonchev–Trinajstić information content (AvgIpc) is 2.84. The van der Waals surface area contributed by atoms with Gasteiger partial charge in [0.2, 0.25) is 11.8 Å². The molecule has 0 spiro atoms. The molecule has 3 atom stereocenters. The number of hydrogen-bond donors (Lipinski definition) is 1. The van der Waals surface area contributed by atoms with Crippen molar-refractivity contribution in [2.45, 2.75) is 46.7 Å². The second kappa shape index (κ2) is 5.40. The second-order valence-corrected chi connectivity index (χ2v) is 6.69. The molecule has 0 aromatic heterocycles. The van der Waals surface area contributed by atoms with Crippen LogP contribution in [0.4, 0.5) is 0 Å². The van der Waals surface area contributed by atoms with Crippen molar-refractivity contribution in [3.63, 3.8) is 0 Å². The summed E-state index contributed by atoms with van der Waals surface area (Å²) in [5.74, 6) is -1.17. The number of ether oxygens (including phenoxy) is 1. The predicted molar refractivity (Wildman–Crippen MR) is 76.2 cm³/mol. The largest absolute Gasteiger partial charge is 0.465 e. The van der Waals surface area contributed by atoms with Gasteiger partial charge in [-0.3, -0.25) is 19.3 Å². The highest BCUT2D eigenvalue weighted by Gasteiger charge is 2.72. The first-order valence-corrected chi connectivity index (χ1v) is 7.49. The molecule has 0 aromatic carbocycles. The quantitative estimate of drug-likeness (QED) is 0.572. The van der Waals surface area contributed by atoms with Crippen molar-refractivity contribution in [2.24, 2.45) is 17.3 Å². The fourth-order valence-electron chi connectivity index (χ4n) is 3.21. The lowest BCUT2D eigenvalue weighted by Gasteiger charge is -2.26. The Hall–Kier alpha value is -1.43. The van der Waals surface area contributed by atoms with Gasteiger partial charge in [-0.15, -0.1) is 0 Å². The number of carbonyl (C=O) groups is 3. The van der Waals surface area contributed by atoms with Gasteiger partial charge in [0, 0.05) is 6.04 Å². The zero-order chi connectivity index (χ0) is 15.9. The van der Waals surface area contributed by atoms with E-state index in [1.54, 1.807) is 6.92 Å². The van der Waals surface area contributed by atoms with Crippen LogP contribution in [0, 0.1) is 17.3 Å². The summed E-state index contributed by atoms with van der Waals surface area (Å²) in [6, 6.07) is -0.614. The molecule has 1 aliphatic carbocycles. The molecule has 1 saturated carbocycles. The summed E-state index contributed by atoms with van der Waals surface area (Å²) >= 11 is 0. The Balaban J connectivity index is 2.06. The minimum atomic E-state index is -0.668. The van der Waals surface area contributed by atoms with Crippen LogP contribution >= 0.6 is 0 Å². The fraction of sp³-hybridized carbons (Fsp3) is 0.800. The molecule has 1 N–H and O–H groups in total. The molecule has 118 valence electrons. The molecule has 6 heteroatoms. The first kappa shape index (κ1) is 15.9. The van der Waals surface area contributed by atoms with E-state index < -0.39 is 12.0 Å². The number of esters is 1. The zero-order valence-corrected chi connectivity index (χ0v) is 13.3. The molecule has 0 bridgehead atoms. The van der Waals surface area contributed by atoms with Gasteiger partial charge in [-0.25, -0.2) is 0 Å². The van der Waals surface area contributed by atoms with Crippen LogP contribution in [0.3, 0.4) is 0 Å². The van der Waals surface area contributed by atoms with Crippen LogP contribution in [0.2, 0.25) is 0 Å². The fourth-order valence-corrected chi connectivity index (χ4v) is 3.21. The number of piperidine rings is 1. The lowest BCUT2D eigenvalue weighted by molar-refractivity contribution is -0.149. The minimum Gasteiger partial charge on any atom is -0.465 e. The number of fused-ring (bicyclic) bond motifs is 1. The van der Waals surface area contributed by atoms with E-state index in [-0.39, 0.29) is 48.3 Å². The summed E-state index contributed by atoms with van der Waals surface area (Å²) in [6.07, 6.45) is 0. The molecule has 21 heavy (non-hydrogen) atoms. The van der Waals surface area contributed by atoms with Crippen LogP contribution in [0.15, 0.2) is 0 Å². The number of imide groups is 1. The molecule has 0 aromatic rings. The van der Waals surface area contributed by atoms with Crippen molar-refractivity contribution >= 4 is 17.8 Å². The smallest absolute Gasteiger partial charge is 0.325 e. The predicted octanol–water partition coefficient (Wildman–Crippen LogP) is 0.557. The lowest BCUT2D eigenvalue weighted by Crippen LogP contribution is -2.52. The summed E-state index contributed by atoms with van der Waals surface area (Å²) in [5.41, 5.74) is -0.227. The molecule has 0 radical (unpaired) electrons. The maximum Gasteiger partial charge on any atom is 0.325 e. The Bertz CT molecular complexity index is 448. The third kappa shape index (κ3) is 2.69. The Labute approximate surface area is 125 Å². The first-order valence-electron chi connectivity index (χ1n) is 7.49. The van der Waals surface area contributed by atoms with E-state index >= 15 is 0 Å². The normalized spacial score (nSPS) is 27.8. The van der Waals surface area contributed by atoms with E-state index in [1.165, 1.54) is 4.90 Å². The van der Waals surface area contributed by atoms with Crippen LogP contribution in [-0.4, -0.2) is 47.9 Å². The number of amides is 2. The SMILES string of the molecule is CCOC(=O)C(CN1C(=O)C2C(C1=O)C2(C)C)NC(C)C. The van der Waals surface area contributed by atoms with Gasteiger partial charge in [-0.2, -0.15) is 0 Å². The summed E-state index contributed by atoms with van der Waals surface area (Å²) in [6.45, 7) is 9.73. The van der Waals surface area contributed by atoms with Crippen molar-refractivity contribution in [1.82, 2.24) is 10.2 Å². The number of carbonyl (C=O) groups excluding carboxylic acids is 3. The van der Waals surface area contributed by atoms with E-state index in [2.05, 4.69) is 5.32 Å². The van der Waals surface area contributed by atoms with Gasteiger partial charge in [-0.05, 0) is 12.3 Å². The van der Waals surface area contributed by atoms with Crippen LogP contribution in [0.25, 0.3) is 0 Å². The molecular weight excluding hydrogens is 272 g/mol. The van der Waals surface area contributed by atoms with E-state index in [1.807, 2.05) is 27.7 Å². The Morgan fingerprint density at radius 3 is 2.24 bits per heavy atom. The Morgan fingerprint density at radius 1 is 1.29 bits per heavy atom. The molecule has 1 saturated heterocycles. The van der Waals surface area contributed by atoms with Gasteiger partial charge in [0.25, 0.3) is 0 Å². The molecule has 2 fully saturated rings. The van der Waals surface area contributed by atoms with Crippen molar-refractivity contribution in [3.05, 3.63) is 0 Å². The molecule has 1 aliphatic heterocycles. The van der Waals surface area contributed by atoms with Crippen molar-refractivity contribution in [1.29, 1.82) is 0 Å². The van der Waals surface area contributed by atoms with E-state index in [4.69, 9.17) is 4.74 Å². The highest BCUT2D eigenvalue weighted by molar-refractivity contribution is 6.10. The lowest BCUT2D eigenvalue weighted by atomic mass is 10.1. The first-order chi connectivity index (χ1) is 9.71. The minimum absolute atomic E-state index is 0.0533. The van der Waals surface area contributed by atoms with Gasteiger partial charge in [0.05, 0.1) is 25.0 Å². The Kier molecular flexibility index (Phi) is 4.10. The third-order valence-corrected chi connectivity index (χ3v) is 4.36. The van der Waals surface area contributed by atoms with Crippen molar-refractivity contribution < 1.29 is 19.1 Å². The summed E-state index contributed by atoms with van der Waals surface area (Å²) in [4.78, 5) is 37.8. The van der Waals surface area contributed by atoms with E-state index in [0.717, 1.165) is 0 Å². The molecule has 2 aliphatic rings. The number of likely N-dealkylation sites (tertiary alicyclic amines) is 1. The maximum absolute atomic E-state index is 12.3. The highest BCUT2D eigenvalue weighted by Crippen LogP contribution is 2.63. The zero-order valence-electron chi connectivity index (χ0n) is 13.3. The standard InChI is InChI=1S/C15H24N2O4/c1-6-21-14(20)9(16-8(2)3)7-17-12(18)10-11(13(17)19)15(10,4)5/h8-11,16H,6-7H2,1-5H3. The van der Waals surface area contributed by atoms with E-state index in [0.29, 0.717) is 0 Å².